The Balaban J connectivity index is 1.46. The van der Waals surface area contributed by atoms with E-state index >= 15 is 0 Å². The van der Waals surface area contributed by atoms with Crippen LogP contribution in [0.2, 0.25) is 0 Å². The Hall–Kier alpha value is -2.21. The molecule has 6 heteroatoms. The van der Waals surface area contributed by atoms with Crippen LogP contribution < -0.4 is 5.32 Å². The van der Waals surface area contributed by atoms with E-state index in [2.05, 4.69) is 27.0 Å². The van der Waals surface area contributed by atoms with Crippen molar-refractivity contribution in [3.8, 4) is 0 Å². The molecule has 0 fully saturated rings. The van der Waals surface area contributed by atoms with Crippen molar-refractivity contribution < 1.29 is 4.79 Å². The standard InChI is InChI=1S/C15H16N4OS/c20-15(5-4-12-7-10-21-11-12)16-8-6-14-18-17-13-3-1-2-9-19(13)14/h1-3,7,9-11H,4-6,8H2,(H,16,20). The Kier molecular flexibility index (Phi) is 4.25. The van der Waals surface area contributed by atoms with E-state index in [0.29, 0.717) is 19.4 Å². The molecule has 3 aromatic heterocycles. The third-order valence-electron chi connectivity index (χ3n) is 3.28. The highest BCUT2D eigenvalue weighted by Crippen LogP contribution is 2.08. The van der Waals surface area contributed by atoms with Gasteiger partial charge in [0, 0.05) is 25.6 Å². The number of amides is 1. The van der Waals surface area contributed by atoms with Crippen LogP contribution in [0.25, 0.3) is 5.65 Å². The van der Waals surface area contributed by atoms with E-state index < -0.39 is 0 Å². The van der Waals surface area contributed by atoms with Crippen molar-refractivity contribution in [2.75, 3.05) is 6.54 Å². The van der Waals surface area contributed by atoms with E-state index in [-0.39, 0.29) is 5.91 Å². The van der Waals surface area contributed by atoms with Crippen molar-refractivity contribution in [2.45, 2.75) is 19.3 Å². The number of hydrogen-bond donors (Lipinski definition) is 1. The number of rotatable bonds is 6. The van der Waals surface area contributed by atoms with Crippen LogP contribution in [-0.4, -0.2) is 27.0 Å². The van der Waals surface area contributed by atoms with Crippen LogP contribution in [-0.2, 0) is 17.6 Å². The van der Waals surface area contributed by atoms with E-state index in [1.165, 1.54) is 5.56 Å². The molecule has 0 aromatic carbocycles. The van der Waals surface area contributed by atoms with Crippen LogP contribution in [0.3, 0.4) is 0 Å². The molecule has 0 saturated carbocycles. The van der Waals surface area contributed by atoms with Crippen molar-refractivity contribution >= 4 is 22.9 Å². The third kappa shape index (κ3) is 3.46. The molecule has 108 valence electrons. The first-order chi connectivity index (χ1) is 10.3. The van der Waals surface area contributed by atoms with Gasteiger partial charge in [0.2, 0.25) is 5.91 Å². The minimum absolute atomic E-state index is 0.0787. The SMILES string of the molecule is O=C(CCc1ccsc1)NCCc1nnc2ccccn12. The predicted molar refractivity (Wildman–Crippen MR) is 82.3 cm³/mol. The summed E-state index contributed by atoms with van der Waals surface area (Å²) in [5.41, 5.74) is 2.05. The number of carbonyl (C=O) groups is 1. The molecule has 21 heavy (non-hydrogen) atoms. The number of nitrogens with zero attached hydrogens (tertiary/aromatic N) is 3. The topological polar surface area (TPSA) is 59.3 Å². The van der Waals surface area contributed by atoms with Gasteiger partial charge >= 0.3 is 0 Å². The van der Waals surface area contributed by atoms with E-state index in [1.54, 1.807) is 11.3 Å². The van der Waals surface area contributed by atoms with Crippen molar-refractivity contribution in [3.63, 3.8) is 0 Å². The minimum Gasteiger partial charge on any atom is -0.356 e. The maximum atomic E-state index is 11.8. The summed E-state index contributed by atoms with van der Waals surface area (Å²) in [7, 11) is 0. The first kappa shape index (κ1) is 13.8. The Morgan fingerprint density at radius 2 is 2.19 bits per heavy atom. The zero-order valence-corrected chi connectivity index (χ0v) is 12.3. The van der Waals surface area contributed by atoms with Gasteiger partial charge in [0.25, 0.3) is 0 Å². The summed E-state index contributed by atoms with van der Waals surface area (Å²) in [6.07, 6.45) is 3.93. The van der Waals surface area contributed by atoms with Gasteiger partial charge in [-0.3, -0.25) is 9.20 Å². The number of nitrogens with one attached hydrogen (secondary N) is 1. The molecule has 0 saturated heterocycles. The molecule has 0 unspecified atom stereocenters. The lowest BCUT2D eigenvalue weighted by molar-refractivity contribution is -0.121. The lowest BCUT2D eigenvalue weighted by Crippen LogP contribution is -2.26. The molecular formula is C15H16N4OS. The highest BCUT2D eigenvalue weighted by Gasteiger charge is 2.06. The fraction of sp³-hybridized carbons (Fsp3) is 0.267. The number of hydrogen-bond acceptors (Lipinski definition) is 4. The molecular weight excluding hydrogens is 284 g/mol. The van der Waals surface area contributed by atoms with E-state index in [1.807, 2.05) is 34.2 Å². The summed E-state index contributed by atoms with van der Waals surface area (Å²) in [6.45, 7) is 0.582. The summed E-state index contributed by atoms with van der Waals surface area (Å²) in [6, 6.07) is 7.84. The van der Waals surface area contributed by atoms with E-state index in [4.69, 9.17) is 0 Å². The summed E-state index contributed by atoms with van der Waals surface area (Å²) < 4.78 is 1.94. The number of aryl methyl sites for hydroxylation is 1. The van der Waals surface area contributed by atoms with Crippen LogP contribution in [0, 0.1) is 0 Å². The number of fused-ring (bicyclic) bond motifs is 1. The molecule has 0 aliphatic heterocycles. The second kappa shape index (κ2) is 6.49. The largest absolute Gasteiger partial charge is 0.356 e. The molecule has 1 amide bonds. The van der Waals surface area contributed by atoms with Crippen LogP contribution >= 0.6 is 11.3 Å². The number of aromatic nitrogens is 3. The zero-order valence-electron chi connectivity index (χ0n) is 11.5. The van der Waals surface area contributed by atoms with E-state index in [0.717, 1.165) is 17.9 Å². The average Bonchev–Trinajstić information content (AvgIpc) is 3.15. The fourth-order valence-electron chi connectivity index (χ4n) is 2.16. The first-order valence-electron chi connectivity index (χ1n) is 6.89. The van der Waals surface area contributed by atoms with Gasteiger partial charge in [-0.15, -0.1) is 10.2 Å². The van der Waals surface area contributed by atoms with Gasteiger partial charge in [-0.05, 0) is 40.9 Å². The predicted octanol–water partition coefficient (Wildman–Crippen LogP) is 2.08. The molecule has 0 aliphatic carbocycles. The average molecular weight is 300 g/mol. The fourth-order valence-corrected chi connectivity index (χ4v) is 2.86. The summed E-state index contributed by atoms with van der Waals surface area (Å²) in [4.78, 5) is 11.8. The van der Waals surface area contributed by atoms with Gasteiger partial charge in [0.1, 0.15) is 5.82 Å². The lowest BCUT2D eigenvalue weighted by atomic mass is 10.2. The maximum Gasteiger partial charge on any atom is 0.220 e. The minimum atomic E-state index is 0.0787. The summed E-state index contributed by atoms with van der Waals surface area (Å²) >= 11 is 1.66. The number of thiophene rings is 1. The molecule has 3 aromatic rings. The zero-order chi connectivity index (χ0) is 14.5. The van der Waals surface area contributed by atoms with Crippen molar-refractivity contribution in [2.24, 2.45) is 0 Å². The van der Waals surface area contributed by atoms with Crippen molar-refractivity contribution in [1.29, 1.82) is 0 Å². The molecule has 3 rings (SSSR count). The molecule has 0 radical (unpaired) electrons. The van der Waals surface area contributed by atoms with Crippen molar-refractivity contribution in [1.82, 2.24) is 19.9 Å². The van der Waals surface area contributed by atoms with Crippen LogP contribution in [0.15, 0.2) is 41.2 Å². The Morgan fingerprint density at radius 1 is 1.24 bits per heavy atom. The van der Waals surface area contributed by atoms with Gasteiger partial charge < -0.3 is 5.32 Å². The van der Waals surface area contributed by atoms with Crippen LogP contribution in [0.1, 0.15) is 17.8 Å². The van der Waals surface area contributed by atoms with Gasteiger partial charge in [0.05, 0.1) is 0 Å². The number of carbonyl (C=O) groups excluding carboxylic acids is 1. The van der Waals surface area contributed by atoms with Crippen LogP contribution in [0.4, 0.5) is 0 Å². The number of pyridine rings is 1. The molecule has 5 nitrogen and oxygen atoms in total. The molecule has 0 spiro atoms. The van der Waals surface area contributed by atoms with Gasteiger partial charge in [-0.1, -0.05) is 6.07 Å². The molecule has 0 aliphatic rings. The first-order valence-corrected chi connectivity index (χ1v) is 7.83. The smallest absolute Gasteiger partial charge is 0.220 e. The monoisotopic (exact) mass is 300 g/mol. The Morgan fingerprint density at radius 3 is 3.05 bits per heavy atom. The lowest BCUT2D eigenvalue weighted by Gasteiger charge is -2.04. The second-order valence-corrected chi connectivity index (χ2v) is 5.56. The summed E-state index contributed by atoms with van der Waals surface area (Å²) in [5, 5.41) is 15.3. The molecule has 0 bridgehead atoms. The quantitative estimate of drug-likeness (QED) is 0.758. The molecule has 3 heterocycles. The van der Waals surface area contributed by atoms with Gasteiger partial charge in [-0.25, -0.2) is 0 Å². The highest BCUT2D eigenvalue weighted by molar-refractivity contribution is 7.07. The maximum absolute atomic E-state index is 11.8. The van der Waals surface area contributed by atoms with Gasteiger partial charge in [0.15, 0.2) is 5.65 Å². The highest BCUT2D eigenvalue weighted by atomic mass is 32.1. The van der Waals surface area contributed by atoms with Gasteiger partial charge in [-0.2, -0.15) is 11.3 Å². The Bertz CT molecular complexity index is 720. The Labute approximate surface area is 126 Å². The molecule has 1 N–H and O–H groups in total. The van der Waals surface area contributed by atoms with E-state index in [9.17, 15) is 4.79 Å². The third-order valence-corrected chi connectivity index (χ3v) is 4.01. The second-order valence-electron chi connectivity index (χ2n) is 4.78. The van der Waals surface area contributed by atoms with Crippen LogP contribution in [0.5, 0.6) is 0 Å². The normalized spacial score (nSPS) is 10.9. The summed E-state index contributed by atoms with van der Waals surface area (Å²) in [5.74, 6) is 0.943. The molecule has 0 atom stereocenters. The van der Waals surface area contributed by atoms with Crippen molar-refractivity contribution in [3.05, 3.63) is 52.6 Å².